The largest absolute Gasteiger partial charge is 0.309 e. The summed E-state index contributed by atoms with van der Waals surface area (Å²) in [5.41, 5.74) is 0. The van der Waals surface area contributed by atoms with Gasteiger partial charge in [0.2, 0.25) is 0 Å². The van der Waals surface area contributed by atoms with E-state index in [0.29, 0.717) is 6.04 Å². The van der Waals surface area contributed by atoms with Gasteiger partial charge in [-0.05, 0) is 45.1 Å². The molecule has 15 heavy (non-hydrogen) atoms. The second-order valence-corrected chi connectivity index (χ2v) is 5.19. The van der Waals surface area contributed by atoms with Gasteiger partial charge in [0.05, 0.1) is 5.02 Å². The van der Waals surface area contributed by atoms with E-state index in [9.17, 15) is 0 Å². The highest BCUT2D eigenvalue weighted by Crippen LogP contribution is 2.30. The molecule has 1 rings (SSSR count). The van der Waals surface area contributed by atoms with Crippen LogP contribution in [-0.2, 0) is 0 Å². The normalized spacial score (nSPS) is 13.4. The van der Waals surface area contributed by atoms with Crippen LogP contribution in [-0.4, -0.2) is 32.1 Å². The molecule has 0 aromatic carbocycles. The lowest BCUT2D eigenvalue weighted by atomic mass is 10.1. The van der Waals surface area contributed by atoms with Gasteiger partial charge < -0.3 is 10.2 Å². The molecule has 4 heteroatoms. The first-order valence-corrected chi connectivity index (χ1v) is 6.52. The Morgan fingerprint density at radius 1 is 1.53 bits per heavy atom. The molecule has 1 aromatic rings. The minimum Gasteiger partial charge on any atom is -0.309 e. The standard InChI is InChI=1S/C11H19ClN2S/c1-4-13-10(5-7-14(2)3)11-9(12)6-8-15-11/h6,8,10,13H,4-5,7H2,1-3H3. The Hall–Kier alpha value is -0.0900. The molecule has 0 bridgehead atoms. The number of halogens is 1. The van der Waals surface area contributed by atoms with Crippen molar-refractivity contribution in [3.05, 3.63) is 21.3 Å². The van der Waals surface area contributed by atoms with Gasteiger partial charge in [0, 0.05) is 10.9 Å². The monoisotopic (exact) mass is 246 g/mol. The molecule has 1 N–H and O–H groups in total. The summed E-state index contributed by atoms with van der Waals surface area (Å²) in [7, 11) is 4.19. The highest BCUT2D eigenvalue weighted by Gasteiger charge is 2.14. The summed E-state index contributed by atoms with van der Waals surface area (Å²) in [6.45, 7) is 4.18. The Kier molecular flexibility index (Phi) is 5.61. The first-order chi connectivity index (χ1) is 7.15. The maximum atomic E-state index is 6.14. The van der Waals surface area contributed by atoms with Crippen LogP contribution in [0, 0.1) is 0 Å². The molecule has 0 aliphatic rings. The highest BCUT2D eigenvalue weighted by molar-refractivity contribution is 7.10. The number of nitrogens with one attached hydrogen (secondary N) is 1. The van der Waals surface area contributed by atoms with Crippen LogP contribution < -0.4 is 5.32 Å². The number of hydrogen-bond acceptors (Lipinski definition) is 3. The lowest BCUT2D eigenvalue weighted by Gasteiger charge is -2.19. The van der Waals surface area contributed by atoms with Gasteiger partial charge in [-0.25, -0.2) is 0 Å². The maximum absolute atomic E-state index is 6.14. The van der Waals surface area contributed by atoms with Crippen LogP contribution in [0.1, 0.15) is 24.3 Å². The first-order valence-electron chi connectivity index (χ1n) is 5.26. The van der Waals surface area contributed by atoms with Crippen LogP contribution in [0.3, 0.4) is 0 Å². The molecule has 0 amide bonds. The van der Waals surface area contributed by atoms with Gasteiger partial charge in [-0.3, -0.25) is 0 Å². The molecule has 1 atom stereocenters. The zero-order valence-electron chi connectivity index (χ0n) is 9.59. The van der Waals surface area contributed by atoms with Crippen LogP contribution in [0.2, 0.25) is 5.02 Å². The Bertz CT molecular complexity index is 286. The number of nitrogens with zero attached hydrogens (tertiary/aromatic N) is 1. The van der Waals surface area contributed by atoms with Crippen molar-refractivity contribution in [2.45, 2.75) is 19.4 Å². The summed E-state index contributed by atoms with van der Waals surface area (Å²) in [6, 6.07) is 2.37. The molecule has 0 aliphatic heterocycles. The molecular formula is C11H19ClN2S. The second kappa shape index (κ2) is 6.48. The van der Waals surface area contributed by atoms with Crippen molar-refractivity contribution in [1.82, 2.24) is 10.2 Å². The zero-order chi connectivity index (χ0) is 11.3. The Morgan fingerprint density at radius 3 is 2.73 bits per heavy atom. The average molecular weight is 247 g/mol. The van der Waals surface area contributed by atoms with Crippen molar-refractivity contribution in [2.24, 2.45) is 0 Å². The lowest BCUT2D eigenvalue weighted by Crippen LogP contribution is -2.25. The summed E-state index contributed by atoms with van der Waals surface area (Å²) in [6.07, 6.45) is 1.10. The fourth-order valence-corrected chi connectivity index (χ4v) is 2.81. The molecule has 1 aromatic heterocycles. The Labute approximate surface area is 101 Å². The van der Waals surface area contributed by atoms with Gasteiger partial charge in [-0.1, -0.05) is 18.5 Å². The molecule has 0 radical (unpaired) electrons. The molecule has 86 valence electrons. The summed E-state index contributed by atoms with van der Waals surface area (Å²) in [5.74, 6) is 0. The summed E-state index contributed by atoms with van der Waals surface area (Å²) in [4.78, 5) is 3.46. The number of hydrogen-bond donors (Lipinski definition) is 1. The van der Waals surface area contributed by atoms with Gasteiger partial charge in [-0.2, -0.15) is 0 Å². The quantitative estimate of drug-likeness (QED) is 0.830. The first kappa shape index (κ1) is 13.0. The van der Waals surface area contributed by atoms with Crippen molar-refractivity contribution in [3.8, 4) is 0 Å². The van der Waals surface area contributed by atoms with E-state index in [0.717, 1.165) is 24.5 Å². The van der Waals surface area contributed by atoms with Crippen LogP contribution in [0.25, 0.3) is 0 Å². The van der Waals surface area contributed by atoms with E-state index in [-0.39, 0.29) is 0 Å². The molecule has 0 saturated carbocycles. The SMILES string of the molecule is CCNC(CCN(C)C)c1sccc1Cl. The zero-order valence-corrected chi connectivity index (χ0v) is 11.2. The van der Waals surface area contributed by atoms with E-state index in [2.05, 4.69) is 36.6 Å². The summed E-state index contributed by atoms with van der Waals surface area (Å²) >= 11 is 7.88. The predicted octanol–water partition coefficient (Wildman–Crippen LogP) is 3.00. The lowest BCUT2D eigenvalue weighted by molar-refractivity contribution is 0.365. The fourth-order valence-electron chi connectivity index (χ4n) is 1.51. The Balaban J connectivity index is 2.61. The fraction of sp³-hybridized carbons (Fsp3) is 0.636. The van der Waals surface area contributed by atoms with E-state index >= 15 is 0 Å². The van der Waals surface area contributed by atoms with Gasteiger partial charge in [0.1, 0.15) is 0 Å². The number of rotatable bonds is 6. The van der Waals surface area contributed by atoms with E-state index < -0.39 is 0 Å². The summed E-state index contributed by atoms with van der Waals surface area (Å²) < 4.78 is 0. The minimum atomic E-state index is 0.393. The van der Waals surface area contributed by atoms with Crippen LogP contribution >= 0.6 is 22.9 Å². The molecule has 0 fully saturated rings. The third kappa shape index (κ3) is 4.11. The van der Waals surface area contributed by atoms with Crippen molar-refractivity contribution >= 4 is 22.9 Å². The smallest absolute Gasteiger partial charge is 0.0561 e. The third-order valence-electron chi connectivity index (χ3n) is 2.28. The van der Waals surface area contributed by atoms with Crippen molar-refractivity contribution in [3.63, 3.8) is 0 Å². The van der Waals surface area contributed by atoms with Crippen LogP contribution in [0.15, 0.2) is 11.4 Å². The summed E-state index contributed by atoms with van der Waals surface area (Å²) in [5, 5.41) is 6.43. The van der Waals surface area contributed by atoms with Crippen LogP contribution in [0.5, 0.6) is 0 Å². The van der Waals surface area contributed by atoms with Crippen LogP contribution in [0.4, 0.5) is 0 Å². The van der Waals surface area contributed by atoms with Crippen molar-refractivity contribution < 1.29 is 0 Å². The molecule has 2 nitrogen and oxygen atoms in total. The van der Waals surface area contributed by atoms with Gasteiger partial charge in [0.15, 0.2) is 0 Å². The third-order valence-corrected chi connectivity index (χ3v) is 3.75. The molecule has 0 spiro atoms. The predicted molar refractivity (Wildman–Crippen MR) is 68.9 cm³/mol. The van der Waals surface area contributed by atoms with Gasteiger partial charge in [0.25, 0.3) is 0 Å². The molecule has 1 heterocycles. The minimum absolute atomic E-state index is 0.393. The average Bonchev–Trinajstić information content (AvgIpc) is 2.59. The van der Waals surface area contributed by atoms with E-state index in [1.165, 1.54) is 4.88 Å². The molecule has 1 unspecified atom stereocenters. The van der Waals surface area contributed by atoms with Gasteiger partial charge >= 0.3 is 0 Å². The van der Waals surface area contributed by atoms with E-state index in [1.807, 2.05) is 6.07 Å². The van der Waals surface area contributed by atoms with Crippen molar-refractivity contribution in [2.75, 3.05) is 27.2 Å². The van der Waals surface area contributed by atoms with Crippen molar-refractivity contribution in [1.29, 1.82) is 0 Å². The van der Waals surface area contributed by atoms with E-state index in [1.54, 1.807) is 11.3 Å². The molecular weight excluding hydrogens is 228 g/mol. The highest BCUT2D eigenvalue weighted by atomic mass is 35.5. The number of thiophene rings is 1. The maximum Gasteiger partial charge on any atom is 0.0561 e. The van der Waals surface area contributed by atoms with Gasteiger partial charge in [-0.15, -0.1) is 11.3 Å². The molecule has 0 aliphatic carbocycles. The Morgan fingerprint density at radius 2 is 2.27 bits per heavy atom. The second-order valence-electron chi connectivity index (χ2n) is 3.84. The molecule has 0 saturated heterocycles. The topological polar surface area (TPSA) is 15.3 Å². The van der Waals surface area contributed by atoms with E-state index in [4.69, 9.17) is 11.6 Å².